The molecule has 0 saturated heterocycles. The number of ether oxygens (including phenoxy) is 2. The van der Waals surface area contributed by atoms with E-state index in [9.17, 15) is 9.59 Å². The van der Waals surface area contributed by atoms with E-state index < -0.39 is 17.7 Å². The lowest BCUT2D eigenvalue weighted by Gasteiger charge is -2.19. The largest absolute Gasteiger partial charge is 0.457 e. The fraction of sp³-hybridized carbons (Fsp3) is 0.227. The summed E-state index contributed by atoms with van der Waals surface area (Å²) in [5, 5.41) is 6.78. The van der Waals surface area contributed by atoms with E-state index in [1.807, 2.05) is 36.5 Å². The Balaban J connectivity index is 1.57. The van der Waals surface area contributed by atoms with E-state index in [0.29, 0.717) is 11.3 Å². The maximum absolute atomic E-state index is 12.4. The summed E-state index contributed by atoms with van der Waals surface area (Å²) in [6.07, 6.45) is 2.98. The number of esters is 1. The fourth-order valence-electron chi connectivity index (χ4n) is 2.54. The van der Waals surface area contributed by atoms with Gasteiger partial charge in [0.25, 0.3) is 0 Å². The number of hydrogen-bond acceptors (Lipinski definition) is 5. The van der Waals surface area contributed by atoms with Gasteiger partial charge in [0.1, 0.15) is 12.2 Å². The summed E-state index contributed by atoms with van der Waals surface area (Å²) >= 11 is 0. The highest BCUT2D eigenvalue weighted by molar-refractivity contribution is 5.92. The summed E-state index contributed by atoms with van der Waals surface area (Å²) in [6, 6.07) is 15.9. The van der Waals surface area contributed by atoms with Crippen LogP contribution in [0.2, 0.25) is 0 Å². The molecule has 7 heteroatoms. The maximum atomic E-state index is 12.4. The highest BCUT2D eigenvalue weighted by atomic mass is 16.6. The molecule has 0 radical (unpaired) electrons. The number of carbonyl (C=O) groups is 2. The smallest absolute Gasteiger partial charge is 0.412 e. The third-order valence-electron chi connectivity index (χ3n) is 3.82. The molecule has 1 heterocycles. The number of carbonyl (C=O) groups excluding carboxylic acids is 2. The van der Waals surface area contributed by atoms with Crippen molar-refractivity contribution in [3.05, 3.63) is 78.1 Å². The van der Waals surface area contributed by atoms with Crippen molar-refractivity contribution in [2.24, 2.45) is 0 Å². The van der Waals surface area contributed by atoms with Crippen molar-refractivity contribution in [1.82, 2.24) is 9.78 Å². The first-order valence-corrected chi connectivity index (χ1v) is 9.16. The second-order valence-electron chi connectivity index (χ2n) is 7.40. The number of aromatic nitrogens is 2. The normalized spacial score (nSPS) is 11.0. The SMILES string of the molecule is CC(C)(C)OC(=O)Nc1cccc(C(=O)OCc2ccc(-n3cccn3)cc2)c1. The van der Waals surface area contributed by atoms with Gasteiger partial charge in [-0.3, -0.25) is 5.32 Å². The van der Waals surface area contributed by atoms with Crippen LogP contribution in [0.25, 0.3) is 5.69 Å². The van der Waals surface area contributed by atoms with Crippen LogP contribution >= 0.6 is 0 Å². The van der Waals surface area contributed by atoms with Crippen molar-refractivity contribution in [3.8, 4) is 5.69 Å². The van der Waals surface area contributed by atoms with Crippen LogP contribution in [-0.2, 0) is 16.1 Å². The topological polar surface area (TPSA) is 82.5 Å². The first kappa shape index (κ1) is 20.1. The van der Waals surface area contributed by atoms with Gasteiger partial charge < -0.3 is 9.47 Å². The van der Waals surface area contributed by atoms with E-state index in [4.69, 9.17) is 9.47 Å². The molecule has 0 aliphatic heterocycles. The highest BCUT2D eigenvalue weighted by Crippen LogP contribution is 2.16. The molecule has 0 bridgehead atoms. The third-order valence-corrected chi connectivity index (χ3v) is 3.82. The van der Waals surface area contributed by atoms with Gasteiger partial charge in [-0.2, -0.15) is 5.10 Å². The minimum atomic E-state index is -0.604. The molecular formula is C22H23N3O4. The third kappa shape index (κ3) is 5.93. The monoisotopic (exact) mass is 393 g/mol. The van der Waals surface area contributed by atoms with Crippen molar-refractivity contribution in [3.63, 3.8) is 0 Å². The summed E-state index contributed by atoms with van der Waals surface area (Å²) < 4.78 is 12.3. The van der Waals surface area contributed by atoms with Crippen LogP contribution in [0.1, 0.15) is 36.7 Å². The zero-order valence-corrected chi connectivity index (χ0v) is 16.6. The Hall–Kier alpha value is -3.61. The zero-order valence-electron chi connectivity index (χ0n) is 16.6. The Labute approximate surface area is 169 Å². The number of amides is 1. The Kier molecular flexibility index (Phi) is 5.97. The average Bonchev–Trinajstić information content (AvgIpc) is 3.20. The number of rotatable bonds is 5. The Morgan fingerprint density at radius 1 is 1.07 bits per heavy atom. The van der Waals surface area contributed by atoms with Crippen molar-refractivity contribution < 1.29 is 19.1 Å². The van der Waals surface area contributed by atoms with Crippen molar-refractivity contribution in [1.29, 1.82) is 0 Å². The van der Waals surface area contributed by atoms with Gasteiger partial charge in [-0.25, -0.2) is 14.3 Å². The zero-order chi connectivity index (χ0) is 20.9. The molecule has 0 atom stereocenters. The molecule has 0 aliphatic rings. The van der Waals surface area contributed by atoms with Crippen LogP contribution in [0, 0.1) is 0 Å². The van der Waals surface area contributed by atoms with Crippen LogP contribution in [0.3, 0.4) is 0 Å². The van der Waals surface area contributed by atoms with Crippen LogP contribution < -0.4 is 5.32 Å². The van der Waals surface area contributed by atoms with Gasteiger partial charge >= 0.3 is 12.1 Å². The summed E-state index contributed by atoms with van der Waals surface area (Å²) in [4.78, 5) is 24.2. The maximum Gasteiger partial charge on any atom is 0.412 e. The number of benzene rings is 2. The molecule has 7 nitrogen and oxygen atoms in total. The molecule has 0 fully saturated rings. The minimum absolute atomic E-state index is 0.141. The molecule has 3 aromatic rings. The van der Waals surface area contributed by atoms with Gasteiger partial charge in [-0.15, -0.1) is 0 Å². The number of hydrogen-bond donors (Lipinski definition) is 1. The quantitative estimate of drug-likeness (QED) is 0.642. The predicted molar refractivity (Wildman–Crippen MR) is 109 cm³/mol. The molecule has 1 N–H and O–H groups in total. The van der Waals surface area contributed by atoms with Crippen LogP contribution in [0.5, 0.6) is 0 Å². The summed E-state index contributed by atoms with van der Waals surface area (Å²) in [5.74, 6) is -0.478. The molecular weight excluding hydrogens is 370 g/mol. The molecule has 0 spiro atoms. The van der Waals surface area contributed by atoms with Crippen molar-refractivity contribution in [2.75, 3.05) is 5.32 Å². The predicted octanol–water partition coefficient (Wildman–Crippen LogP) is 4.58. The van der Waals surface area contributed by atoms with Crippen molar-refractivity contribution >= 4 is 17.7 Å². The molecule has 29 heavy (non-hydrogen) atoms. The van der Waals surface area contributed by atoms with E-state index in [2.05, 4.69) is 10.4 Å². The first-order chi connectivity index (χ1) is 13.8. The van der Waals surface area contributed by atoms with Gasteiger partial charge in [0.2, 0.25) is 0 Å². The summed E-state index contributed by atoms with van der Waals surface area (Å²) in [6.45, 7) is 5.48. The number of nitrogens with one attached hydrogen (secondary N) is 1. The highest BCUT2D eigenvalue weighted by Gasteiger charge is 2.17. The number of nitrogens with zero attached hydrogens (tertiary/aromatic N) is 2. The second kappa shape index (κ2) is 8.60. The lowest BCUT2D eigenvalue weighted by Crippen LogP contribution is -2.27. The lowest BCUT2D eigenvalue weighted by molar-refractivity contribution is 0.0471. The summed E-state index contributed by atoms with van der Waals surface area (Å²) in [7, 11) is 0. The Bertz CT molecular complexity index is 974. The molecule has 1 aromatic heterocycles. The van der Waals surface area contributed by atoms with Crippen LogP contribution in [0.15, 0.2) is 67.0 Å². The summed E-state index contributed by atoms with van der Waals surface area (Å²) in [5.41, 5.74) is 1.97. The molecule has 0 unspecified atom stereocenters. The van der Waals surface area contributed by atoms with Gasteiger partial charge in [0.05, 0.1) is 11.3 Å². The van der Waals surface area contributed by atoms with Crippen molar-refractivity contribution in [2.45, 2.75) is 33.0 Å². The molecule has 1 amide bonds. The Morgan fingerprint density at radius 2 is 1.83 bits per heavy atom. The van der Waals surface area contributed by atoms with E-state index in [1.165, 1.54) is 0 Å². The second-order valence-corrected chi connectivity index (χ2v) is 7.40. The van der Waals surface area contributed by atoms with Crippen LogP contribution in [0.4, 0.5) is 10.5 Å². The average molecular weight is 393 g/mol. The first-order valence-electron chi connectivity index (χ1n) is 9.16. The lowest BCUT2D eigenvalue weighted by atomic mass is 10.2. The van der Waals surface area contributed by atoms with Gasteiger partial charge in [-0.05, 0) is 62.7 Å². The molecule has 150 valence electrons. The standard InChI is InChI=1S/C22H23N3O4/c1-22(2,3)29-21(27)24-18-7-4-6-17(14-18)20(26)28-15-16-8-10-19(11-9-16)25-13-5-12-23-25/h4-14H,15H2,1-3H3,(H,24,27). The van der Waals surface area contributed by atoms with Gasteiger partial charge in [0.15, 0.2) is 0 Å². The number of anilines is 1. The fourth-order valence-corrected chi connectivity index (χ4v) is 2.54. The van der Waals surface area contributed by atoms with Gasteiger partial charge in [-0.1, -0.05) is 18.2 Å². The van der Waals surface area contributed by atoms with E-state index in [1.54, 1.807) is 55.9 Å². The van der Waals surface area contributed by atoms with E-state index in [0.717, 1.165) is 11.3 Å². The van der Waals surface area contributed by atoms with Crippen LogP contribution in [-0.4, -0.2) is 27.4 Å². The molecule has 3 rings (SSSR count). The minimum Gasteiger partial charge on any atom is -0.457 e. The Morgan fingerprint density at radius 3 is 2.48 bits per heavy atom. The van der Waals surface area contributed by atoms with E-state index >= 15 is 0 Å². The molecule has 2 aromatic carbocycles. The molecule has 0 aliphatic carbocycles. The van der Waals surface area contributed by atoms with E-state index in [-0.39, 0.29) is 6.61 Å². The molecule has 0 saturated carbocycles. The van der Waals surface area contributed by atoms with Gasteiger partial charge in [0, 0.05) is 18.1 Å².